The van der Waals surface area contributed by atoms with Crippen LogP contribution in [0.25, 0.3) is 10.9 Å². The van der Waals surface area contributed by atoms with Crippen molar-refractivity contribution in [1.82, 2.24) is 9.88 Å². The van der Waals surface area contributed by atoms with Crippen LogP contribution < -0.4 is 4.74 Å². The number of rotatable bonds is 11. The van der Waals surface area contributed by atoms with Crippen LogP contribution in [0.15, 0.2) is 36.5 Å². The molecule has 0 bridgehead atoms. The Morgan fingerprint density at radius 3 is 2.44 bits per heavy atom. The molecule has 0 saturated carbocycles. The van der Waals surface area contributed by atoms with Crippen LogP contribution in [0.5, 0.6) is 5.75 Å². The summed E-state index contributed by atoms with van der Waals surface area (Å²) in [5, 5.41) is 9.90. The van der Waals surface area contributed by atoms with Crippen molar-refractivity contribution >= 4 is 16.9 Å². The number of benzene rings is 2. The van der Waals surface area contributed by atoms with Gasteiger partial charge in [0.15, 0.2) is 17.5 Å². The molecule has 1 N–H and O–H groups in total. The molecular weight excluding hydrogens is 519 g/mol. The first kappa shape index (κ1) is 28.7. The third kappa shape index (κ3) is 6.84. The molecule has 0 aliphatic carbocycles. The lowest BCUT2D eigenvalue weighted by molar-refractivity contribution is -0.141. The highest BCUT2D eigenvalue weighted by Gasteiger charge is 2.37. The summed E-state index contributed by atoms with van der Waals surface area (Å²) in [6.07, 6.45) is 1.47. The minimum atomic E-state index is -1.65. The summed E-state index contributed by atoms with van der Waals surface area (Å²) in [6.45, 7) is 1.78. The number of ether oxygens (including phenoxy) is 1. The minimum absolute atomic E-state index is 0.0395. The number of alkyl halides is 1. The van der Waals surface area contributed by atoms with Gasteiger partial charge in [-0.2, -0.15) is 0 Å². The molecule has 2 heterocycles. The average Bonchev–Trinajstić information content (AvgIpc) is 2.90. The SMILES string of the molecule is COc1ccc2ncc(F)c([C@H](F)CCC3(CC(=O)O)CCN(CCCc4cc(F)c(F)c(F)c4)CC3)c2c1. The van der Waals surface area contributed by atoms with Crippen LogP contribution in [0.1, 0.15) is 55.8 Å². The second kappa shape index (κ2) is 12.3. The van der Waals surface area contributed by atoms with Gasteiger partial charge in [0, 0.05) is 10.9 Å². The number of pyridine rings is 1. The standard InChI is InChI=1S/C29H31F5N2O3/c1-39-19-4-5-25-20(15-19)27(24(33)17-35-25)21(30)6-7-29(16-26(37)38)8-11-36(12-9-29)10-2-3-18-13-22(31)28(34)23(32)14-18/h4-5,13-15,17,21H,2-3,6-12,16H2,1H3,(H,37,38)/t21-/m1/s1. The number of halogens is 5. The Bertz CT molecular complexity index is 1300. The summed E-state index contributed by atoms with van der Waals surface area (Å²) in [5.41, 5.74) is 0.0727. The minimum Gasteiger partial charge on any atom is -0.497 e. The summed E-state index contributed by atoms with van der Waals surface area (Å²) < 4.78 is 75.6. The molecule has 5 nitrogen and oxygen atoms in total. The number of methoxy groups -OCH3 is 1. The van der Waals surface area contributed by atoms with E-state index in [9.17, 15) is 27.5 Å². The van der Waals surface area contributed by atoms with E-state index in [1.807, 2.05) is 0 Å². The number of piperidine rings is 1. The van der Waals surface area contributed by atoms with Crippen LogP contribution >= 0.6 is 0 Å². The van der Waals surface area contributed by atoms with Crippen molar-refractivity contribution in [2.45, 2.75) is 51.1 Å². The second-order valence-electron chi connectivity index (χ2n) is 10.3. The van der Waals surface area contributed by atoms with Gasteiger partial charge in [0.1, 0.15) is 17.7 Å². The zero-order valence-electron chi connectivity index (χ0n) is 21.7. The molecule has 4 rings (SSSR count). The molecule has 0 spiro atoms. The van der Waals surface area contributed by atoms with Gasteiger partial charge >= 0.3 is 5.97 Å². The van der Waals surface area contributed by atoms with Crippen LogP contribution in [0, 0.1) is 28.7 Å². The molecule has 1 atom stereocenters. The maximum atomic E-state index is 15.6. The van der Waals surface area contributed by atoms with Gasteiger partial charge in [0.25, 0.3) is 0 Å². The van der Waals surface area contributed by atoms with Gasteiger partial charge in [-0.15, -0.1) is 0 Å². The number of nitrogens with zero attached hydrogens (tertiary/aromatic N) is 2. The van der Waals surface area contributed by atoms with Crippen molar-refractivity contribution in [3.05, 3.63) is 70.9 Å². The van der Waals surface area contributed by atoms with E-state index in [1.165, 1.54) is 7.11 Å². The number of aromatic nitrogens is 1. The summed E-state index contributed by atoms with van der Waals surface area (Å²) in [4.78, 5) is 17.9. The number of aliphatic carboxylic acids is 1. The Kier molecular flexibility index (Phi) is 9.04. The molecule has 1 fully saturated rings. The highest BCUT2D eigenvalue weighted by molar-refractivity contribution is 5.84. The molecular formula is C29H31F5N2O3. The topological polar surface area (TPSA) is 62.7 Å². The zero-order valence-corrected chi connectivity index (χ0v) is 21.7. The van der Waals surface area contributed by atoms with Gasteiger partial charge in [0.2, 0.25) is 0 Å². The fourth-order valence-corrected chi connectivity index (χ4v) is 5.54. The van der Waals surface area contributed by atoms with Crippen LogP contribution in [-0.4, -0.2) is 47.7 Å². The maximum Gasteiger partial charge on any atom is 0.303 e. The largest absolute Gasteiger partial charge is 0.497 e. The van der Waals surface area contributed by atoms with Crippen molar-refractivity contribution in [3.63, 3.8) is 0 Å². The molecule has 0 unspecified atom stereocenters. The van der Waals surface area contributed by atoms with E-state index in [1.54, 1.807) is 18.2 Å². The fraction of sp³-hybridized carbons (Fsp3) is 0.448. The molecule has 0 amide bonds. The molecule has 39 heavy (non-hydrogen) atoms. The normalized spacial score (nSPS) is 16.4. The van der Waals surface area contributed by atoms with Crippen LogP contribution in [0.2, 0.25) is 0 Å². The van der Waals surface area contributed by atoms with Crippen LogP contribution in [0.3, 0.4) is 0 Å². The van der Waals surface area contributed by atoms with E-state index in [4.69, 9.17) is 4.74 Å². The Morgan fingerprint density at radius 2 is 1.79 bits per heavy atom. The third-order valence-electron chi connectivity index (χ3n) is 7.74. The first-order valence-corrected chi connectivity index (χ1v) is 12.9. The van der Waals surface area contributed by atoms with Crippen molar-refractivity contribution in [1.29, 1.82) is 0 Å². The molecule has 1 aliphatic rings. The summed E-state index contributed by atoms with van der Waals surface area (Å²) in [7, 11) is 1.46. The van der Waals surface area contributed by atoms with Crippen molar-refractivity contribution < 1.29 is 36.6 Å². The monoisotopic (exact) mass is 550 g/mol. The van der Waals surface area contributed by atoms with E-state index < -0.39 is 40.8 Å². The molecule has 2 aromatic carbocycles. The number of carboxylic acids is 1. The van der Waals surface area contributed by atoms with E-state index in [0.717, 1.165) is 18.3 Å². The summed E-state index contributed by atoms with van der Waals surface area (Å²) in [5.74, 6) is -5.19. The van der Waals surface area contributed by atoms with Crippen molar-refractivity contribution in [2.24, 2.45) is 5.41 Å². The highest BCUT2D eigenvalue weighted by atomic mass is 19.2. The summed E-state index contributed by atoms with van der Waals surface area (Å²) in [6, 6.07) is 6.83. The molecule has 1 aliphatic heterocycles. The highest BCUT2D eigenvalue weighted by Crippen LogP contribution is 2.43. The van der Waals surface area contributed by atoms with Crippen LogP contribution in [-0.2, 0) is 11.2 Å². The zero-order chi connectivity index (χ0) is 28.2. The molecule has 1 aromatic heterocycles. The Morgan fingerprint density at radius 1 is 1.10 bits per heavy atom. The van der Waals surface area contributed by atoms with Gasteiger partial charge in [0.05, 0.1) is 25.2 Å². The first-order valence-electron chi connectivity index (χ1n) is 12.9. The Hall–Kier alpha value is -3.27. The van der Waals surface area contributed by atoms with Gasteiger partial charge in [-0.1, -0.05) is 0 Å². The molecule has 1 saturated heterocycles. The van der Waals surface area contributed by atoms with Crippen LogP contribution in [0.4, 0.5) is 22.0 Å². The van der Waals surface area contributed by atoms with Gasteiger partial charge in [-0.3, -0.25) is 9.78 Å². The number of likely N-dealkylation sites (tertiary alicyclic amines) is 1. The number of hydrogen-bond acceptors (Lipinski definition) is 4. The fourth-order valence-electron chi connectivity index (χ4n) is 5.54. The molecule has 210 valence electrons. The second-order valence-corrected chi connectivity index (χ2v) is 10.3. The number of carboxylic acid groups (broad SMARTS) is 1. The predicted molar refractivity (Wildman–Crippen MR) is 136 cm³/mol. The quantitative estimate of drug-likeness (QED) is 0.211. The molecule has 0 radical (unpaired) electrons. The lowest BCUT2D eigenvalue weighted by Gasteiger charge is -2.41. The Balaban J connectivity index is 1.38. The lowest BCUT2D eigenvalue weighted by Crippen LogP contribution is -2.41. The van der Waals surface area contributed by atoms with E-state index >= 15 is 4.39 Å². The number of carbonyl (C=O) groups is 1. The third-order valence-corrected chi connectivity index (χ3v) is 7.74. The smallest absolute Gasteiger partial charge is 0.303 e. The lowest BCUT2D eigenvalue weighted by atomic mass is 9.71. The van der Waals surface area contributed by atoms with Gasteiger partial charge in [-0.05, 0) is 99.5 Å². The van der Waals surface area contributed by atoms with E-state index in [0.29, 0.717) is 67.5 Å². The number of fused-ring (bicyclic) bond motifs is 1. The molecule has 10 heteroatoms. The van der Waals surface area contributed by atoms with Gasteiger partial charge < -0.3 is 14.7 Å². The number of aryl methyl sites for hydroxylation is 1. The van der Waals surface area contributed by atoms with Crippen molar-refractivity contribution in [3.8, 4) is 5.75 Å². The average molecular weight is 551 g/mol. The predicted octanol–water partition coefficient (Wildman–Crippen LogP) is 6.78. The maximum absolute atomic E-state index is 15.6. The first-order chi connectivity index (χ1) is 18.6. The molecule has 3 aromatic rings. The number of hydrogen-bond donors (Lipinski definition) is 1. The van der Waals surface area contributed by atoms with E-state index in [-0.39, 0.29) is 24.8 Å². The Labute approximate surface area is 223 Å². The van der Waals surface area contributed by atoms with Gasteiger partial charge in [-0.25, -0.2) is 22.0 Å². The summed E-state index contributed by atoms with van der Waals surface area (Å²) >= 11 is 0. The van der Waals surface area contributed by atoms with Crippen molar-refractivity contribution in [2.75, 3.05) is 26.7 Å². The van der Waals surface area contributed by atoms with E-state index in [2.05, 4.69) is 9.88 Å².